The lowest BCUT2D eigenvalue weighted by molar-refractivity contribution is -0.384. The molecule has 8 heteroatoms. The van der Waals surface area contributed by atoms with Crippen LogP contribution in [0.15, 0.2) is 89.0 Å². The van der Waals surface area contributed by atoms with E-state index in [-0.39, 0.29) is 11.4 Å². The Labute approximate surface area is 180 Å². The largest absolute Gasteiger partial charge is 0.321 e. The van der Waals surface area contributed by atoms with Gasteiger partial charge in [0, 0.05) is 27.9 Å². The lowest BCUT2D eigenvalue weighted by Gasteiger charge is -2.11. The van der Waals surface area contributed by atoms with Crippen LogP contribution in [0.5, 0.6) is 0 Å². The highest BCUT2D eigenvalue weighted by Crippen LogP contribution is 2.17. The number of nitro groups is 1. The molecular weight excluding hydrogens is 450 g/mol. The molecule has 0 aliphatic carbocycles. The Kier molecular flexibility index (Phi) is 6.71. The predicted molar refractivity (Wildman–Crippen MR) is 118 cm³/mol. The van der Waals surface area contributed by atoms with E-state index in [4.69, 9.17) is 0 Å². The molecule has 150 valence electrons. The second-order valence-corrected chi connectivity index (χ2v) is 7.10. The molecule has 3 rings (SSSR count). The Balaban J connectivity index is 1.88. The van der Waals surface area contributed by atoms with Crippen molar-refractivity contribution in [1.82, 2.24) is 5.32 Å². The Bertz CT molecular complexity index is 1100. The molecule has 0 aliphatic heterocycles. The SMILES string of the molecule is O=C(Nc1ccc(Br)cc1)C(=Cc1ccc([N+](=O)[O-])cc1)NC(=O)c1ccccc1. The molecule has 0 aromatic heterocycles. The molecule has 0 saturated carbocycles. The summed E-state index contributed by atoms with van der Waals surface area (Å²) in [5.41, 5.74) is 1.40. The molecule has 0 atom stereocenters. The minimum absolute atomic E-state index is 0.000579. The van der Waals surface area contributed by atoms with Crippen molar-refractivity contribution in [3.05, 3.63) is 110 Å². The normalized spacial score (nSPS) is 10.9. The number of carbonyl (C=O) groups is 2. The van der Waals surface area contributed by atoms with Gasteiger partial charge in [-0.05, 0) is 60.2 Å². The quantitative estimate of drug-likeness (QED) is 0.311. The van der Waals surface area contributed by atoms with Gasteiger partial charge in [0.2, 0.25) is 0 Å². The van der Waals surface area contributed by atoms with Crippen LogP contribution in [0, 0.1) is 10.1 Å². The van der Waals surface area contributed by atoms with Gasteiger partial charge in [0.25, 0.3) is 17.5 Å². The fourth-order valence-electron chi connectivity index (χ4n) is 2.53. The van der Waals surface area contributed by atoms with Gasteiger partial charge in [-0.15, -0.1) is 0 Å². The van der Waals surface area contributed by atoms with E-state index in [0.717, 1.165) is 4.47 Å². The molecule has 3 aromatic carbocycles. The van der Waals surface area contributed by atoms with Crippen molar-refractivity contribution in [2.24, 2.45) is 0 Å². The summed E-state index contributed by atoms with van der Waals surface area (Å²) in [6, 6.07) is 21.1. The lowest BCUT2D eigenvalue weighted by Crippen LogP contribution is -2.30. The van der Waals surface area contributed by atoms with Crippen LogP contribution in [0.3, 0.4) is 0 Å². The van der Waals surface area contributed by atoms with Crippen LogP contribution in [0.25, 0.3) is 6.08 Å². The molecule has 0 spiro atoms. The van der Waals surface area contributed by atoms with Crippen LogP contribution >= 0.6 is 15.9 Å². The molecule has 0 bridgehead atoms. The Morgan fingerprint density at radius 2 is 1.53 bits per heavy atom. The van der Waals surface area contributed by atoms with Crippen molar-refractivity contribution >= 4 is 45.2 Å². The molecule has 2 N–H and O–H groups in total. The second-order valence-electron chi connectivity index (χ2n) is 6.19. The van der Waals surface area contributed by atoms with Crippen molar-refractivity contribution in [1.29, 1.82) is 0 Å². The summed E-state index contributed by atoms with van der Waals surface area (Å²) in [6.07, 6.45) is 1.46. The number of rotatable bonds is 6. The zero-order valence-corrected chi connectivity index (χ0v) is 17.1. The number of nitrogens with zero attached hydrogens (tertiary/aromatic N) is 1. The fraction of sp³-hybridized carbons (Fsp3) is 0. The predicted octanol–water partition coefficient (Wildman–Crippen LogP) is 4.77. The Hall–Kier alpha value is -3.78. The first-order chi connectivity index (χ1) is 14.4. The highest BCUT2D eigenvalue weighted by Gasteiger charge is 2.15. The summed E-state index contributed by atoms with van der Waals surface area (Å²) in [5, 5.41) is 16.2. The number of hydrogen-bond acceptors (Lipinski definition) is 4. The van der Waals surface area contributed by atoms with Crippen LogP contribution in [0.4, 0.5) is 11.4 Å². The topological polar surface area (TPSA) is 101 Å². The van der Waals surface area contributed by atoms with Crippen LogP contribution in [0.1, 0.15) is 15.9 Å². The zero-order chi connectivity index (χ0) is 21.5. The monoisotopic (exact) mass is 465 g/mol. The van der Waals surface area contributed by atoms with Crippen LogP contribution in [0.2, 0.25) is 0 Å². The molecule has 0 aliphatic rings. The van der Waals surface area contributed by atoms with Gasteiger partial charge in [0.05, 0.1) is 4.92 Å². The molecule has 2 amide bonds. The number of anilines is 1. The first kappa shape index (κ1) is 20.9. The maximum Gasteiger partial charge on any atom is 0.272 e. The van der Waals surface area contributed by atoms with Crippen molar-refractivity contribution in [3.8, 4) is 0 Å². The molecule has 0 radical (unpaired) electrons. The summed E-state index contributed by atoms with van der Waals surface area (Å²) in [5.74, 6) is -0.977. The minimum Gasteiger partial charge on any atom is -0.321 e. The van der Waals surface area contributed by atoms with Crippen LogP contribution < -0.4 is 10.6 Å². The van der Waals surface area contributed by atoms with Gasteiger partial charge in [0.15, 0.2) is 0 Å². The number of benzene rings is 3. The Morgan fingerprint density at radius 3 is 2.13 bits per heavy atom. The van der Waals surface area contributed by atoms with Gasteiger partial charge in [0.1, 0.15) is 5.70 Å². The third-order valence-electron chi connectivity index (χ3n) is 4.05. The minimum atomic E-state index is -0.528. The molecule has 0 fully saturated rings. The third-order valence-corrected chi connectivity index (χ3v) is 4.57. The van der Waals surface area contributed by atoms with Crippen molar-refractivity contribution in [3.63, 3.8) is 0 Å². The van der Waals surface area contributed by atoms with Crippen LogP contribution in [-0.2, 0) is 4.79 Å². The number of amides is 2. The maximum atomic E-state index is 12.8. The van der Waals surface area contributed by atoms with E-state index in [1.807, 2.05) is 0 Å². The van der Waals surface area contributed by atoms with Crippen LogP contribution in [-0.4, -0.2) is 16.7 Å². The van der Waals surface area contributed by atoms with E-state index >= 15 is 0 Å². The summed E-state index contributed by atoms with van der Waals surface area (Å²) in [6.45, 7) is 0. The fourth-order valence-corrected chi connectivity index (χ4v) is 2.80. The van der Waals surface area contributed by atoms with Crippen molar-refractivity contribution < 1.29 is 14.5 Å². The third kappa shape index (κ3) is 5.62. The van der Waals surface area contributed by atoms with Gasteiger partial charge >= 0.3 is 0 Å². The first-order valence-electron chi connectivity index (χ1n) is 8.82. The van der Waals surface area contributed by atoms with E-state index in [1.54, 1.807) is 54.6 Å². The molecule has 0 saturated heterocycles. The summed E-state index contributed by atoms with van der Waals surface area (Å²) < 4.78 is 0.861. The lowest BCUT2D eigenvalue weighted by atomic mass is 10.1. The number of nitro benzene ring substituents is 1. The van der Waals surface area contributed by atoms with Gasteiger partial charge in [-0.25, -0.2) is 0 Å². The highest BCUT2D eigenvalue weighted by molar-refractivity contribution is 9.10. The Morgan fingerprint density at radius 1 is 0.900 bits per heavy atom. The number of nitrogens with one attached hydrogen (secondary N) is 2. The number of carbonyl (C=O) groups excluding carboxylic acids is 2. The van der Waals surface area contributed by atoms with Gasteiger partial charge in [-0.2, -0.15) is 0 Å². The molecule has 3 aromatic rings. The summed E-state index contributed by atoms with van der Waals surface area (Å²) >= 11 is 3.33. The molecular formula is C22H16BrN3O4. The zero-order valence-electron chi connectivity index (χ0n) is 15.5. The van der Waals surface area contributed by atoms with E-state index in [1.165, 1.54) is 30.3 Å². The number of hydrogen-bond donors (Lipinski definition) is 2. The summed E-state index contributed by atoms with van der Waals surface area (Å²) in [4.78, 5) is 35.7. The first-order valence-corrected chi connectivity index (χ1v) is 9.61. The van der Waals surface area contributed by atoms with E-state index in [0.29, 0.717) is 16.8 Å². The highest BCUT2D eigenvalue weighted by atomic mass is 79.9. The standard InChI is InChI=1S/C22H16BrN3O4/c23-17-8-10-18(11-9-17)24-22(28)20(25-21(27)16-4-2-1-3-5-16)14-15-6-12-19(13-7-15)26(29)30/h1-14H,(H,24,28)(H,25,27). The average Bonchev–Trinajstić information content (AvgIpc) is 2.75. The van der Waals surface area contributed by atoms with Crippen molar-refractivity contribution in [2.45, 2.75) is 0 Å². The smallest absolute Gasteiger partial charge is 0.272 e. The van der Waals surface area contributed by atoms with E-state index in [2.05, 4.69) is 26.6 Å². The molecule has 30 heavy (non-hydrogen) atoms. The van der Waals surface area contributed by atoms with Gasteiger partial charge in [-0.1, -0.05) is 34.1 Å². The number of halogens is 1. The average molecular weight is 466 g/mol. The second kappa shape index (κ2) is 9.62. The maximum absolute atomic E-state index is 12.8. The molecule has 0 unspecified atom stereocenters. The van der Waals surface area contributed by atoms with Gasteiger partial charge < -0.3 is 10.6 Å². The van der Waals surface area contributed by atoms with E-state index < -0.39 is 16.7 Å². The van der Waals surface area contributed by atoms with Gasteiger partial charge in [-0.3, -0.25) is 19.7 Å². The molecule has 7 nitrogen and oxygen atoms in total. The van der Waals surface area contributed by atoms with Crippen molar-refractivity contribution in [2.75, 3.05) is 5.32 Å². The van der Waals surface area contributed by atoms with E-state index in [9.17, 15) is 19.7 Å². The molecule has 0 heterocycles. The number of non-ortho nitro benzene ring substituents is 1. The summed E-state index contributed by atoms with van der Waals surface area (Å²) in [7, 11) is 0.